The maximum Gasteiger partial charge on any atom is 0.253 e. The Hall–Kier alpha value is -3.44. The quantitative estimate of drug-likeness (QED) is 0.470. The van der Waals surface area contributed by atoms with Gasteiger partial charge in [-0.05, 0) is 61.5 Å². The highest BCUT2D eigenvalue weighted by molar-refractivity contribution is 6.07. The van der Waals surface area contributed by atoms with Crippen molar-refractivity contribution in [2.75, 3.05) is 13.1 Å². The summed E-state index contributed by atoms with van der Waals surface area (Å²) >= 11 is 0. The molecule has 5 heteroatoms. The first-order chi connectivity index (χ1) is 16.8. The molecule has 0 saturated carbocycles. The average Bonchev–Trinajstić information content (AvgIpc) is 3.26. The van der Waals surface area contributed by atoms with Crippen molar-refractivity contribution in [2.45, 2.75) is 37.9 Å². The fraction of sp³-hybridized carbons (Fsp3) is 0.310. The lowest BCUT2D eigenvalue weighted by Crippen LogP contribution is -2.64. The molecule has 2 aromatic heterocycles. The third kappa shape index (κ3) is 4.01. The summed E-state index contributed by atoms with van der Waals surface area (Å²) in [6.45, 7) is 2.99. The van der Waals surface area contributed by atoms with Crippen molar-refractivity contribution >= 4 is 16.8 Å². The highest BCUT2D eigenvalue weighted by Gasteiger charge is 2.43. The van der Waals surface area contributed by atoms with Crippen molar-refractivity contribution in [3.8, 4) is 0 Å². The van der Waals surface area contributed by atoms with Crippen molar-refractivity contribution in [2.24, 2.45) is 5.92 Å². The van der Waals surface area contributed by atoms with Gasteiger partial charge in [-0.1, -0.05) is 54.6 Å². The first kappa shape index (κ1) is 21.1. The Kier molecular flexibility index (Phi) is 5.63. The molecule has 2 bridgehead atoms. The molecular weight excluding hydrogens is 420 g/mol. The van der Waals surface area contributed by atoms with Gasteiger partial charge in [-0.3, -0.25) is 14.7 Å². The standard InChI is InChI=1S/C29H30N4O/c34-29(25-20-33(19-21-7-2-1-3-8-21)26-11-5-4-10-24(25)26)31-28-23-12-15-32(16-13-23)27(28)17-22-9-6-14-30-18-22/h1-11,14,18,20,23,27-28H,12-13,15-17,19H2,(H,31,34)/t27-,28-/m0/s1. The van der Waals surface area contributed by atoms with Crippen molar-refractivity contribution in [3.63, 3.8) is 0 Å². The van der Waals surface area contributed by atoms with Crippen LogP contribution in [0.25, 0.3) is 10.9 Å². The first-order valence-corrected chi connectivity index (χ1v) is 12.3. The molecule has 3 fully saturated rings. The van der Waals surface area contributed by atoms with Crippen LogP contribution in [0.3, 0.4) is 0 Å². The molecule has 0 spiro atoms. The monoisotopic (exact) mass is 450 g/mol. The number of hydrogen-bond acceptors (Lipinski definition) is 3. The predicted molar refractivity (Wildman–Crippen MR) is 135 cm³/mol. The molecule has 0 unspecified atom stereocenters. The van der Waals surface area contributed by atoms with Crippen LogP contribution >= 0.6 is 0 Å². The molecule has 0 aliphatic carbocycles. The fourth-order valence-corrected chi connectivity index (χ4v) is 5.95. The molecule has 2 atom stereocenters. The Morgan fingerprint density at radius 2 is 1.71 bits per heavy atom. The second-order valence-electron chi connectivity index (χ2n) is 9.68. The van der Waals surface area contributed by atoms with Gasteiger partial charge in [0.05, 0.1) is 5.56 Å². The highest BCUT2D eigenvalue weighted by atomic mass is 16.1. The van der Waals surface area contributed by atoms with E-state index < -0.39 is 0 Å². The van der Waals surface area contributed by atoms with E-state index in [1.54, 1.807) is 0 Å². The van der Waals surface area contributed by atoms with Crippen LogP contribution in [-0.4, -0.2) is 45.5 Å². The van der Waals surface area contributed by atoms with Gasteiger partial charge >= 0.3 is 0 Å². The Morgan fingerprint density at radius 3 is 2.50 bits per heavy atom. The second kappa shape index (κ2) is 9.07. The minimum absolute atomic E-state index is 0.0398. The van der Waals surface area contributed by atoms with Crippen molar-refractivity contribution < 1.29 is 4.79 Å². The molecule has 1 N–H and O–H groups in total. The number of rotatable bonds is 6. The Bertz CT molecular complexity index is 1280. The van der Waals surface area contributed by atoms with Gasteiger partial charge in [-0.25, -0.2) is 0 Å². The van der Waals surface area contributed by atoms with E-state index in [1.165, 1.54) is 11.1 Å². The summed E-state index contributed by atoms with van der Waals surface area (Å²) in [5.74, 6) is 0.575. The number of pyridine rings is 1. The van der Waals surface area contributed by atoms with Gasteiger partial charge in [0.15, 0.2) is 0 Å². The van der Waals surface area contributed by atoms with E-state index >= 15 is 0 Å². The maximum atomic E-state index is 13.7. The van der Waals surface area contributed by atoms with Gasteiger partial charge in [0.25, 0.3) is 5.91 Å². The Morgan fingerprint density at radius 1 is 0.941 bits per heavy atom. The average molecular weight is 451 g/mol. The Labute approximate surface area is 200 Å². The largest absolute Gasteiger partial charge is 0.347 e. The van der Waals surface area contributed by atoms with E-state index in [2.05, 4.69) is 62.2 Å². The number of nitrogens with one attached hydrogen (secondary N) is 1. The zero-order chi connectivity index (χ0) is 22.9. The predicted octanol–water partition coefficient (Wildman–Crippen LogP) is 4.52. The SMILES string of the molecule is O=C(N[C@H]1C2CCN(CC2)[C@H]1Cc1cccnc1)c1cn(Cc2ccccc2)c2ccccc12. The van der Waals surface area contributed by atoms with Crippen LogP contribution in [0.1, 0.15) is 34.3 Å². The lowest BCUT2D eigenvalue weighted by atomic mass is 9.76. The summed E-state index contributed by atoms with van der Waals surface area (Å²) in [6, 6.07) is 23.3. The normalized spacial score (nSPS) is 23.8. The van der Waals surface area contributed by atoms with E-state index in [9.17, 15) is 4.79 Å². The van der Waals surface area contributed by atoms with Crippen molar-refractivity contribution in [1.82, 2.24) is 19.8 Å². The summed E-state index contributed by atoms with van der Waals surface area (Å²) in [7, 11) is 0. The van der Waals surface area contributed by atoms with E-state index in [-0.39, 0.29) is 11.9 Å². The molecule has 3 aliphatic heterocycles. The minimum atomic E-state index is 0.0398. The maximum absolute atomic E-state index is 13.7. The molecule has 7 rings (SSSR count). The van der Waals surface area contributed by atoms with Crippen molar-refractivity contribution in [1.29, 1.82) is 0 Å². The number of carbonyl (C=O) groups is 1. The molecular formula is C29H30N4O. The molecule has 0 radical (unpaired) electrons. The zero-order valence-electron chi connectivity index (χ0n) is 19.3. The van der Waals surface area contributed by atoms with Crippen LogP contribution < -0.4 is 5.32 Å². The molecule has 5 heterocycles. The summed E-state index contributed by atoms with van der Waals surface area (Å²) in [5, 5.41) is 4.51. The molecule has 34 heavy (non-hydrogen) atoms. The van der Waals surface area contributed by atoms with Crippen LogP contribution in [0.15, 0.2) is 85.3 Å². The third-order valence-corrected chi connectivity index (χ3v) is 7.66. The summed E-state index contributed by atoms with van der Waals surface area (Å²) in [5.41, 5.74) is 4.32. The zero-order valence-corrected chi connectivity index (χ0v) is 19.3. The molecule has 4 aromatic rings. The van der Waals surface area contributed by atoms with Crippen LogP contribution in [0, 0.1) is 5.92 Å². The summed E-state index contributed by atoms with van der Waals surface area (Å²) in [6.07, 6.45) is 9.05. The minimum Gasteiger partial charge on any atom is -0.347 e. The lowest BCUT2D eigenvalue weighted by Gasteiger charge is -2.51. The van der Waals surface area contributed by atoms with Gasteiger partial charge in [0, 0.05) is 48.1 Å². The molecule has 2 aromatic carbocycles. The molecule has 5 nitrogen and oxygen atoms in total. The topological polar surface area (TPSA) is 50.2 Å². The first-order valence-electron chi connectivity index (χ1n) is 12.3. The smallest absolute Gasteiger partial charge is 0.253 e. The van der Waals surface area contributed by atoms with Crippen molar-refractivity contribution in [3.05, 3.63) is 102 Å². The second-order valence-corrected chi connectivity index (χ2v) is 9.68. The van der Waals surface area contributed by atoms with Gasteiger partial charge in [0.1, 0.15) is 0 Å². The van der Waals surface area contributed by atoms with E-state index in [0.29, 0.717) is 12.0 Å². The van der Waals surface area contributed by atoms with Gasteiger partial charge in [0.2, 0.25) is 0 Å². The number of amides is 1. The number of fused-ring (bicyclic) bond motifs is 4. The van der Waals surface area contributed by atoms with Crippen LogP contribution in [-0.2, 0) is 13.0 Å². The number of nitrogens with zero attached hydrogens (tertiary/aromatic N) is 3. The Balaban J connectivity index is 1.28. The van der Waals surface area contributed by atoms with E-state index in [0.717, 1.165) is 55.4 Å². The summed E-state index contributed by atoms with van der Waals surface area (Å²) < 4.78 is 2.20. The summed E-state index contributed by atoms with van der Waals surface area (Å²) in [4.78, 5) is 20.6. The van der Waals surface area contributed by atoms with Gasteiger partial charge < -0.3 is 9.88 Å². The number of carbonyl (C=O) groups excluding carboxylic acids is 1. The molecule has 172 valence electrons. The number of benzene rings is 2. The van der Waals surface area contributed by atoms with E-state index in [4.69, 9.17) is 0 Å². The van der Waals surface area contributed by atoms with Crippen LogP contribution in [0.5, 0.6) is 0 Å². The highest BCUT2D eigenvalue weighted by Crippen LogP contribution is 2.34. The number of para-hydroxylation sites is 1. The number of hydrogen-bond donors (Lipinski definition) is 1. The van der Waals surface area contributed by atoms with E-state index in [1.807, 2.05) is 42.9 Å². The molecule has 3 aliphatic rings. The van der Waals surface area contributed by atoms with Crippen LogP contribution in [0.4, 0.5) is 0 Å². The van der Waals surface area contributed by atoms with Gasteiger partial charge in [-0.2, -0.15) is 0 Å². The third-order valence-electron chi connectivity index (χ3n) is 7.66. The molecule has 1 amide bonds. The molecule has 3 saturated heterocycles. The lowest BCUT2D eigenvalue weighted by molar-refractivity contribution is 0.0136. The number of aromatic nitrogens is 2. The number of piperidine rings is 3. The van der Waals surface area contributed by atoms with Gasteiger partial charge in [-0.15, -0.1) is 0 Å². The fourth-order valence-electron chi connectivity index (χ4n) is 5.95. The van der Waals surface area contributed by atoms with Crippen LogP contribution in [0.2, 0.25) is 0 Å².